The van der Waals surface area contributed by atoms with E-state index in [1.54, 1.807) is 6.07 Å². The van der Waals surface area contributed by atoms with Crippen molar-refractivity contribution < 1.29 is 9.59 Å². The van der Waals surface area contributed by atoms with E-state index in [4.69, 9.17) is 0 Å². The normalized spacial score (nSPS) is 10.9. The predicted octanol–water partition coefficient (Wildman–Crippen LogP) is 4.40. The van der Waals surface area contributed by atoms with Gasteiger partial charge in [-0.2, -0.15) is 0 Å². The van der Waals surface area contributed by atoms with Crippen molar-refractivity contribution >= 4 is 23.6 Å². The van der Waals surface area contributed by atoms with Crippen molar-refractivity contribution in [1.82, 2.24) is 10.6 Å². The molecule has 0 heterocycles. The molecule has 2 aromatic carbocycles. The summed E-state index contributed by atoms with van der Waals surface area (Å²) in [5.74, 6) is 0.682. The molecule has 0 saturated heterocycles. The number of hydrogen-bond donors (Lipinski definition) is 2. The maximum absolute atomic E-state index is 12.6. The van der Waals surface area contributed by atoms with E-state index in [0.717, 1.165) is 11.3 Å². The van der Waals surface area contributed by atoms with E-state index in [0.29, 0.717) is 23.8 Å². The Hall–Kier alpha value is -2.27. The first-order chi connectivity index (χ1) is 13.4. The molecule has 0 saturated carbocycles. The molecule has 0 aliphatic rings. The summed E-state index contributed by atoms with van der Waals surface area (Å²) in [5, 5.41) is 5.86. The van der Waals surface area contributed by atoms with E-state index in [1.807, 2.05) is 32.0 Å². The summed E-state index contributed by atoms with van der Waals surface area (Å²) in [7, 11) is 0. The third-order valence-electron chi connectivity index (χ3n) is 4.29. The predicted molar refractivity (Wildman–Crippen MR) is 117 cm³/mol. The molecular formula is C23H30N2O2S. The molecule has 28 heavy (non-hydrogen) atoms. The Kier molecular flexibility index (Phi) is 8.58. The van der Waals surface area contributed by atoms with Crippen LogP contribution in [0, 0.1) is 0 Å². The number of amides is 2. The zero-order valence-corrected chi connectivity index (χ0v) is 17.9. The van der Waals surface area contributed by atoms with Crippen LogP contribution in [0.2, 0.25) is 0 Å². The second-order valence-corrected chi connectivity index (χ2v) is 8.43. The molecule has 2 amide bonds. The fraction of sp³-hybridized carbons (Fsp3) is 0.391. The molecular weight excluding hydrogens is 368 g/mol. The third kappa shape index (κ3) is 7.04. The fourth-order valence-electron chi connectivity index (χ4n) is 2.77. The van der Waals surface area contributed by atoms with Crippen LogP contribution in [-0.2, 0) is 11.2 Å². The first-order valence-electron chi connectivity index (χ1n) is 9.75. The lowest BCUT2D eigenvalue weighted by molar-refractivity contribution is -0.119. The van der Waals surface area contributed by atoms with Crippen molar-refractivity contribution in [2.24, 2.45) is 0 Å². The van der Waals surface area contributed by atoms with E-state index in [2.05, 4.69) is 48.7 Å². The quantitative estimate of drug-likeness (QED) is 0.616. The van der Waals surface area contributed by atoms with Crippen LogP contribution in [0.15, 0.2) is 53.4 Å². The van der Waals surface area contributed by atoms with Crippen LogP contribution in [0.3, 0.4) is 0 Å². The number of hydrogen-bond acceptors (Lipinski definition) is 3. The minimum atomic E-state index is -0.105. The van der Waals surface area contributed by atoms with Gasteiger partial charge in [-0.1, -0.05) is 50.2 Å². The van der Waals surface area contributed by atoms with Crippen LogP contribution in [0.5, 0.6) is 0 Å². The molecule has 0 atom stereocenters. The van der Waals surface area contributed by atoms with Crippen molar-refractivity contribution in [3.8, 4) is 0 Å². The fourth-order valence-corrected chi connectivity index (χ4v) is 3.63. The van der Waals surface area contributed by atoms with Gasteiger partial charge in [0.1, 0.15) is 0 Å². The Morgan fingerprint density at radius 2 is 1.64 bits per heavy atom. The summed E-state index contributed by atoms with van der Waals surface area (Å²) in [6.07, 6.45) is 0.788. The van der Waals surface area contributed by atoms with Gasteiger partial charge in [0.05, 0.1) is 11.3 Å². The van der Waals surface area contributed by atoms with E-state index in [9.17, 15) is 9.59 Å². The van der Waals surface area contributed by atoms with Crippen LogP contribution >= 0.6 is 11.8 Å². The zero-order valence-electron chi connectivity index (χ0n) is 17.1. The van der Waals surface area contributed by atoms with Gasteiger partial charge in [-0.3, -0.25) is 9.59 Å². The van der Waals surface area contributed by atoms with Crippen molar-refractivity contribution in [3.05, 3.63) is 65.2 Å². The molecule has 0 bridgehead atoms. The largest absolute Gasteiger partial charge is 0.353 e. The molecule has 2 aromatic rings. The highest BCUT2D eigenvalue weighted by molar-refractivity contribution is 8.00. The maximum atomic E-state index is 12.6. The van der Waals surface area contributed by atoms with Crippen LogP contribution in [0.1, 0.15) is 55.1 Å². The highest BCUT2D eigenvalue weighted by Gasteiger charge is 2.13. The Morgan fingerprint density at radius 1 is 0.964 bits per heavy atom. The summed E-state index contributed by atoms with van der Waals surface area (Å²) in [6.45, 7) is 8.79. The molecule has 2 N–H and O–H groups in total. The van der Waals surface area contributed by atoms with Crippen molar-refractivity contribution in [3.63, 3.8) is 0 Å². The Bertz CT molecular complexity index is 785. The van der Waals surface area contributed by atoms with Gasteiger partial charge in [-0.15, -0.1) is 11.8 Å². The molecule has 4 nitrogen and oxygen atoms in total. The summed E-state index contributed by atoms with van der Waals surface area (Å²) < 4.78 is 0. The number of carbonyl (C=O) groups is 2. The van der Waals surface area contributed by atoms with Crippen LogP contribution < -0.4 is 10.6 Å². The SMILES string of the molecule is CC(C)NC(=O)CSc1ccccc1C(=O)NCCc1ccc(C(C)C)cc1. The second-order valence-electron chi connectivity index (χ2n) is 7.41. The first kappa shape index (κ1) is 22.0. The van der Waals surface area contributed by atoms with Crippen LogP contribution in [0.25, 0.3) is 0 Å². The minimum absolute atomic E-state index is 0.0277. The summed E-state index contributed by atoms with van der Waals surface area (Å²) in [4.78, 5) is 25.3. The molecule has 0 aliphatic carbocycles. The molecule has 0 radical (unpaired) electrons. The van der Waals surface area contributed by atoms with E-state index >= 15 is 0 Å². The van der Waals surface area contributed by atoms with Gasteiger partial charge in [-0.25, -0.2) is 0 Å². The van der Waals surface area contributed by atoms with Crippen LogP contribution in [-0.4, -0.2) is 30.2 Å². The Labute approximate surface area is 172 Å². The van der Waals surface area contributed by atoms with Crippen molar-refractivity contribution in [2.45, 2.75) is 51.0 Å². The van der Waals surface area contributed by atoms with E-state index in [1.165, 1.54) is 22.9 Å². The van der Waals surface area contributed by atoms with Gasteiger partial charge in [0, 0.05) is 17.5 Å². The second kappa shape index (κ2) is 10.9. The van der Waals surface area contributed by atoms with Gasteiger partial charge in [0.15, 0.2) is 0 Å². The lowest BCUT2D eigenvalue weighted by Gasteiger charge is -2.11. The number of carbonyl (C=O) groups excluding carboxylic acids is 2. The maximum Gasteiger partial charge on any atom is 0.252 e. The molecule has 2 rings (SSSR count). The van der Waals surface area contributed by atoms with Crippen LogP contribution in [0.4, 0.5) is 0 Å². The van der Waals surface area contributed by atoms with Gasteiger partial charge in [0.25, 0.3) is 5.91 Å². The third-order valence-corrected chi connectivity index (χ3v) is 5.36. The smallest absolute Gasteiger partial charge is 0.252 e. The topological polar surface area (TPSA) is 58.2 Å². The molecule has 0 aliphatic heterocycles. The Balaban J connectivity index is 1.89. The summed E-state index contributed by atoms with van der Waals surface area (Å²) >= 11 is 1.39. The lowest BCUT2D eigenvalue weighted by atomic mass is 10.0. The van der Waals surface area contributed by atoms with Gasteiger partial charge in [-0.05, 0) is 49.4 Å². The van der Waals surface area contributed by atoms with Gasteiger partial charge in [0.2, 0.25) is 5.91 Å². The summed E-state index contributed by atoms with van der Waals surface area (Å²) in [6, 6.07) is 16.1. The highest BCUT2D eigenvalue weighted by atomic mass is 32.2. The number of thioether (sulfide) groups is 1. The monoisotopic (exact) mass is 398 g/mol. The average molecular weight is 399 g/mol. The molecule has 150 valence electrons. The number of rotatable bonds is 9. The molecule has 5 heteroatoms. The first-order valence-corrected chi connectivity index (χ1v) is 10.7. The molecule has 0 unspecified atom stereocenters. The standard InChI is InChI=1S/C23H30N2O2S/c1-16(2)19-11-9-18(10-12-19)13-14-24-23(27)20-7-5-6-8-21(20)28-15-22(26)25-17(3)4/h5-12,16-17H,13-15H2,1-4H3,(H,24,27)(H,25,26). The molecule has 0 fully saturated rings. The average Bonchev–Trinajstić information content (AvgIpc) is 2.66. The minimum Gasteiger partial charge on any atom is -0.353 e. The lowest BCUT2D eigenvalue weighted by Crippen LogP contribution is -2.31. The number of benzene rings is 2. The van der Waals surface area contributed by atoms with Gasteiger partial charge < -0.3 is 10.6 Å². The number of nitrogens with one attached hydrogen (secondary N) is 2. The highest BCUT2D eigenvalue weighted by Crippen LogP contribution is 2.22. The van der Waals surface area contributed by atoms with Gasteiger partial charge >= 0.3 is 0 Å². The van der Waals surface area contributed by atoms with E-state index in [-0.39, 0.29) is 17.9 Å². The van der Waals surface area contributed by atoms with Crippen molar-refractivity contribution in [2.75, 3.05) is 12.3 Å². The molecule has 0 aromatic heterocycles. The van der Waals surface area contributed by atoms with E-state index < -0.39 is 0 Å². The van der Waals surface area contributed by atoms with Crippen molar-refractivity contribution in [1.29, 1.82) is 0 Å². The summed E-state index contributed by atoms with van der Waals surface area (Å²) in [5.41, 5.74) is 3.14. The zero-order chi connectivity index (χ0) is 20.5. The Morgan fingerprint density at radius 3 is 2.29 bits per heavy atom. The molecule has 0 spiro atoms.